The zero-order valence-electron chi connectivity index (χ0n) is 16.9. The van der Waals surface area contributed by atoms with Gasteiger partial charge in [0.2, 0.25) is 5.82 Å². The van der Waals surface area contributed by atoms with Crippen LogP contribution in [0.15, 0.2) is 47.1 Å². The highest BCUT2D eigenvalue weighted by Crippen LogP contribution is 2.30. The molecule has 0 radical (unpaired) electrons. The third kappa shape index (κ3) is 4.09. The van der Waals surface area contributed by atoms with Crippen LogP contribution in [0.25, 0.3) is 33.7 Å². The van der Waals surface area contributed by atoms with Crippen LogP contribution in [-0.2, 0) is 11.3 Å². The van der Waals surface area contributed by atoms with Gasteiger partial charge in [-0.1, -0.05) is 17.3 Å². The van der Waals surface area contributed by atoms with Crippen LogP contribution in [0.4, 0.5) is 0 Å². The summed E-state index contributed by atoms with van der Waals surface area (Å²) < 4.78 is 12.7. The van der Waals surface area contributed by atoms with Crippen molar-refractivity contribution < 1.29 is 19.2 Å². The van der Waals surface area contributed by atoms with Crippen molar-refractivity contribution in [1.82, 2.24) is 19.9 Å². The smallest absolute Gasteiger partial charge is 0.305 e. The number of hydrogen-bond acceptors (Lipinski definition) is 7. The highest BCUT2D eigenvalue weighted by molar-refractivity contribution is 5.93. The normalized spacial score (nSPS) is 11.0. The zero-order chi connectivity index (χ0) is 22.0. The van der Waals surface area contributed by atoms with Crippen LogP contribution in [0.2, 0.25) is 0 Å². The molecule has 0 bridgehead atoms. The number of ether oxygens (including phenoxy) is 1. The first kappa shape index (κ1) is 20.1. The Morgan fingerprint density at radius 1 is 1.32 bits per heavy atom. The number of aryl methyl sites for hydroxylation is 1. The predicted molar refractivity (Wildman–Crippen MR) is 111 cm³/mol. The summed E-state index contributed by atoms with van der Waals surface area (Å²) in [5.41, 5.74) is 2.49. The van der Waals surface area contributed by atoms with E-state index in [1.165, 1.54) is 0 Å². The van der Waals surface area contributed by atoms with E-state index in [1.807, 2.05) is 32.0 Å². The van der Waals surface area contributed by atoms with E-state index >= 15 is 0 Å². The number of fused-ring (bicyclic) bond motifs is 1. The van der Waals surface area contributed by atoms with Crippen molar-refractivity contribution >= 4 is 16.9 Å². The molecule has 0 aliphatic heterocycles. The number of aliphatic carboxylic acids is 1. The molecule has 0 fully saturated rings. The number of rotatable bonds is 7. The van der Waals surface area contributed by atoms with Gasteiger partial charge in [-0.3, -0.25) is 9.48 Å². The van der Waals surface area contributed by atoms with Gasteiger partial charge in [-0.25, -0.2) is 0 Å². The largest absolute Gasteiger partial charge is 0.490 e. The number of nitrogens with zero attached hydrogens (tertiary/aromatic N) is 5. The van der Waals surface area contributed by atoms with Crippen molar-refractivity contribution in [3.63, 3.8) is 0 Å². The fourth-order valence-electron chi connectivity index (χ4n) is 3.24. The summed E-state index contributed by atoms with van der Waals surface area (Å²) in [4.78, 5) is 15.4. The minimum absolute atomic E-state index is 0.0227. The lowest BCUT2D eigenvalue weighted by Gasteiger charge is -2.11. The number of carboxylic acid groups (broad SMARTS) is 1. The Kier molecular flexibility index (Phi) is 5.37. The maximum absolute atomic E-state index is 10.9. The fourth-order valence-corrected chi connectivity index (χ4v) is 3.24. The summed E-state index contributed by atoms with van der Waals surface area (Å²) in [5, 5.41) is 27.5. The van der Waals surface area contributed by atoms with E-state index in [-0.39, 0.29) is 25.0 Å². The number of carbonyl (C=O) groups is 1. The SMILES string of the molecule is CC(C)Oc1ccc(-c2nc(-c3cccc4c3cnn4CCC(=O)O)no2)cc1C#N. The number of hydrogen-bond donors (Lipinski definition) is 1. The molecule has 4 aromatic rings. The van der Waals surface area contributed by atoms with Crippen molar-refractivity contribution in [2.45, 2.75) is 32.9 Å². The molecule has 2 heterocycles. The molecule has 2 aromatic heterocycles. The summed E-state index contributed by atoms with van der Waals surface area (Å²) in [6.45, 7) is 4.05. The molecule has 0 saturated heterocycles. The second-order valence-corrected chi connectivity index (χ2v) is 7.16. The first-order valence-corrected chi connectivity index (χ1v) is 9.68. The molecule has 156 valence electrons. The lowest BCUT2D eigenvalue weighted by Crippen LogP contribution is -2.06. The highest BCUT2D eigenvalue weighted by Gasteiger charge is 2.17. The van der Waals surface area contributed by atoms with Crippen LogP contribution in [-0.4, -0.2) is 37.1 Å². The molecule has 0 aliphatic rings. The van der Waals surface area contributed by atoms with Gasteiger partial charge in [-0.2, -0.15) is 15.3 Å². The quantitative estimate of drug-likeness (QED) is 0.480. The topological polar surface area (TPSA) is 127 Å². The summed E-state index contributed by atoms with van der Waals surface area (Å²) >= 11 is 0. The van der Waals surface area contributed by atoms with Gasteiger partial charge in [0, 0.05) is 16.5 Å². The van der Waals surface area contributed by atoms with Gasteiger partial charge in [0.05, 0.1) is 36.3 Å². The number of benzene rings is 2. The van der Waals surface area contributed by atoms with Gasteiger partial charge >= 0.3 is 5.97 Å². The number of nitriles is 1. The fraction of sp³-hybridized carbons (Fsp3) is 0.227. The summed E-state index contributed by atoms with van der Waals surface area (Å²) in [6, 6.07) is 12.8. The number of carboxylic acids is 1. The van der Waals surface area contributed by atoms with Crippen molar-refractivity contribution in [2.24, 2.45) is 0 Å². The Balaban J connectivity index is 1.67. The maximum atomic E-state index is 10.9. The minimum atomic E-state index is -0.885. The molecule has 1 N–H and O–H groups in total. The lowest BCUT2D eigenvalue weighted by molar-refractivity contribution is -0.137. The highest BCUT2D eigenvalue weighted by atomic mass is 16.5. The lowest BCUT2D eigenvalue weighted by atomic mass is 10.1. The predicted octanol–water partition coefficient (Wildman–Crippen LogP) is 3.89. The second kappa shape index (κ2) is 8.28. The Hall–Kier alpha value is -4.19. The summed E-state index contributed by atoms with van der Waals surface area (Å²) in [5.74, 6) is 0.265. The van der Waals surface area contributed by atoms with Gasteiger partial charge in [-0.05, 0) is 38.1 Å². The molecule has 0 unspecified atom stereocenters. The maximum Gasteiger partial charge on any atom is 0.305 e. The van der Waals surface area contributed by atoms with Crippen LogP contribution in [0, 0.1) is 11.3 Å². The molecular formula is C22H19N5O4. The molecule has 0 amide bonds. The molecule has 31 heavy (non-hydrogen) atoms. The van der Waals surface area contributed by atoms with Crippen LogP contribution < -0.4 is 4.74 Å². The zero-order valence-corrected chi connectivity index (χ0v) is 16.9. The Labute approximate surface area is 177 Å². The van der Waals surface area contributed by atoms with Crippen molar-refractivity contribution in [2.75, 3.05) is 0 Å². The Bertz CT molecular complexity index is 1300. The third-order valence-electron chi connectivity index (χ3n) is 4.60. The van der Waals surface area contributed by atoms with E-state index in [2.05, 4.69) is 21.3 Å². The standard InChI is InChI=1S/C22H19N5O4/c1-13(2)30-19-7-6-14(10-15(19)11-23)22-25-21(26-31-22)16-4-3-5-18-17(16)12-24-27(18)9-8-20(28)29/h3-7,10,12-13H,8-9H2,1-2H3,(H,28,29). The average molecular weight is 417 g/mol. The Morgan fingerprint density at radius 3 is 2.90 bits per heavy atom. The average Bonchev–Trinajstić information content (AvgIpc) is 3.39. The van der Waals surface area contributed by atoms with Crippen molar-refractivity contribution in [3.8, 4) is 34.7 Å². The van der Waals surface area contributed by atoms with Crippen LogP contribution >= 0.6 is 0 Å². The molecule has 0 saturated carbocycles. The van der Waals surface area contributed by atoms with E-state index < -0.39 is 5.97 Å². The second-order valence-electron chi connectivity index (χ2n) is 7.16. The molecule has 0 atom stereocenters. The molecule has 9 nitrogen and oxygen atoms in total. The van der Waals surface area contributed by atoms with E-state index in [0.717, 1.165) is 10.9 Å². The van der Waals surface area contributed by atoms with Gasteiger partial charge in [0.15, 0.2) is 0 Å². The van der Waals surface area contributed by atoms with Gasteiger partial charge in [0.1, 0.15) is 11.8 Å². The van der Waals surface area contributed by atoms with E-state index in [0.29, 0.717) is 28.3 Å². The van der Waals surface area contributed by atoms with Gasteiger partial charge < -0.3 is 14.4 Å². The molecule has 2 aromatic carbocycles. The van der Waals surface area contributed by atoms with Crippen molar-refractivity contribution in [1.29, 1.82) is 5.26 Å². The minimum Gasteiger partial charge on any atom is -0.490 e. The summed E-state index contributed by atoms with van der Waals surface area (Å²) in [6.07, 6.45) is 1.59. The first-order chi connectivity index (χ1) is 15.0. The molecule has 9 heteroatoms. The molecule has 4 rings (SSSR count). The third-order valence-corrected chi connectivity index (χ3v) is 4.60. The van der Waals surface area contributed by atoms with Gasteiger partial charge in [-0.15, -0.1) is 0 Å². The monoisotopic (exact) mass is 417 g/mol. The van der Waals surface area contributed by atoms with Crippen LogP contribution in [0.3, 0.4) is 0 Å². The van der Waals surface area contributed by atoms with Crippen LogP contribution in [0.1, 0.15) is 25.8 Å². The molecule has 0 aliphatic carbocycles. The van der Waals surface area contributed by atoms with Crippen LogP contribution in [0.5, 0.6) is 5.75 Å². The number of aromatic nitrogens is 4. The van der Waals surface area contributed by atoms with Gasteiger partial charge in [0.25, 0.3) is 5.89 Å². The van der Waals surface area contributed by atoms with Crippen molar-refractivity contribution in [3.05, 3.63) is 48.2 Å². The Morgan fingerprint density at radius 2 is 2.16 bits per heavy atom. The molecular weight excluding hydrogens is 398 g/mol. The van der Waals surface area contributed by atoms with E-state index in [1.54, 1.807) is 29.1 Å². The van der Waals surface area contributed by atoms with E-state index in [9.17, 15) is 10.1 Å². The molecule has 0 spiro atoms. The first-order valence-electron chi connectivity index (χ1n) is 9.68. The summed E-state index contributed by atoms with van der Waals surface area (Å²) in [7, 11) is 0. The van der Waals surface area contributed by atoms with E-state index in [4.69, 9.17) is 14.4 Å².